The number of carbonyl (C=O) groups is 2. The monoisotopic (exact) mass is 553 g/mol. The zero-order valence-electron chi connectivity index (χ0n) is 22.8. The average Bonchev–Trinajstić information content (AvgIpc) is 2.82. The molecule has 0 spiro atoms. The minimum absolute atomic E-state index is 0.0371. The van der Waals surface area contributed by atoms with Crippen LogP contribution in [0, 0.1) is 11.6 Å². The van der Waals surface area contributed by atoms with Crippen LogP contribution in [-0.4, -0.2) is 56.6 Å². The molecule has 0 saturated carbocycles. The van der Waals surface area contributed by atoms with Crippen LogP contribution >= 0.6 is 0 Å². The van der Waals surface area contributed by atoms with Gasteiger partial charge in [0, 0.05) is 31.1 Å². The Morgan fingerprint density at radius 1 is 1.05 bits per heavy atom. The quantitative estimate of drug-likeness (QED) is 0.424. The second-order valence-corrected chi connectivity index (χ2v) is 12.0. The number of carbonyl (C=O) groups excluding carboxylic acids is 2. The summed E-state index contributed by atoms with van der Waals surface area (Å²) < 4.78 is 58.0. The molecule has 11 heteroatoms. The van der Waals surface area contributed by atoms with Crippen LogP contribution in [0.15, 0.2) is 42.5 Å². The van der Waals surface area contributed by atoms with Gasteiger partial charge in [0.1, 0.15) is 11.8 Å². The molecule has 0 saturated heterocycles. The molecule has 1 N–H and O–H groups in total. The summed E-state index contributed by atoms with van der Waals surface area (Å²) in [5.74, 6) is -2.24. The average molecular weight is 554 g/mol. The molecule has 1 atom stereocenters. The van der Waals surface area contributed by atoms with Crippen LogP contribution in [0.2, 0.25) is 0 Å². The van der Waals surface area contributed by atoms with E-state index in [0.29, 0.717) is 12.2 Å². The summed E-state index contributed by atoms with van der Waals surface area (Å²) in [4.78, 5) is 28.0. The molecular formula is C27H37F2N3O5S. The summed E-state index contributed by atoms with van der Waals surface area (Å²) in [5, 5.41) is 2.93. The van der Waals surface area contributed by atoms with Crippen molar-refractivity contribution in [2.45, 2.75) is 65.1 Å². The molecule has 38 heavy (non-hydrogen) atoms. The maximum absolute atomic E-state index is 13.8. The van der Waals surface area contributed by atoms with E-state index >= 15 is 0 Å². The van der Waals surface area contributed by atoms with E-state index in [9.17, 15) is 26.8 Å². The van der Waals surface area contributed by atoms with E-state index in [0.717, 1.165) is 28.3 Å². The Balaban J connectivity index is 2.26. The fourth-order valence-corrected chi connectivity index (χ4v) is 4.90. The van der Waals surface area contributed by atoms with Gasteiger partial charge in [0.15, 0.2) is 11.6 Å². The van der Waals surface area contributed by atoms with Gasteiger partial charge in [0.25, 0.3) is 0 Å². The number of halogens is 2. The maximum atomic E-state index is 13.8. The normalized spacial score (nSPS) is 12.5. The van der Waals surface area contributed by atoms with E-state index < -0.39 is 33.2 Å². The molecule has 8 nitrogen and oxygen atoms in total. The molecule has 2 rings (SSSR count). The Morgan fingerprint density at radius 3 is 2.18 bits per heavy atom. The lowest BCUT2D eigenvalue weighted by molar-refractivity contribution is -0.142. The molecule has 2 aromatic rings. The largest absolute Gasteiger partial charge is 0.497 e. The molecule has 2 aromatic carbocycles. The van der Waals surface area contributed by atoms with Gasteiger partial charge >= 0.3 is 0 Å². The van der Waals surface area contributed by atoms with Gasteiger partial charge in [-0.2, -0.15) is 0 Å². The van der Waals surface area contributed by atoms with Crippen molar-refractivity contribution in [3.63, 3.8) is 0 Å². The first-order valence-corrected chi connectivity index (χ1v) is 14.2. The van der Waals surface area contributed by atoms with Crippen LogP contribution < -0.4 is 14.4 Å². The summed E-state index contributed by atoms with van der Waals surface area (Å²) in [6.45, 7) is 7.41. The number of rotatable bonds is 12. The second-order valence-electron chi connectivity index (χ2n) is 10.1. The van der Waals surface area contributed by atoms with Gasteiger partial charge < -0.3 is 15.0 Å². The highest BCUT2D eigenvalue weighted by Gasteiger charge is 2.30. The minimum atomic E-state index is -3.83. The van der Waals surface area contributed by atoms with Crippen molar-refractivity contribution in [3.8, 4) is 5.75 Å². The SMILES string of the molecule is CC[C@H](C(=O)NC(C)(C)C)N(Cc1ccc(OC)cc1)C(=O)CCCN(c1ccc(F)c(F)c1)S(C)(=O)=O. The van der Waals surface area contributed by atoms with Crippen LogP contribution in [0.5, 0.6) is 5.75 Å². The third-order valence-corrected chi connectivity index (χ3v) is 6.93. The summed E-state index contributed by atoms with van der Waals surface area (Å²) in [6.07, 6.45) is 1.36. The standard InChI is InChI=1S/C27H37F2N3O5S/c1-7-24(26(34)30-27(2,3)4)31(18-19-10-13-21(37-5)14-11-19)25(33)9-8-16-32(38(6,35)36)20-12-15-22(28)23(29)17-20/h10-15,17,24H,7-9,16,18H2,1-6H3,(H,30,34)/t24-/m1/s1. The van der Waals surface area contributed by atoms with Gasteiger partial charge in [-0.05, 0) is 63.4 Å². The van der Waals surface area contributed by atoms with Crippen molar-refractivity contribution in [2.75, 3.05) is 24.2 Å². The molecule has 0 aromatic heterocycles. The Hall–Kier alpha value is -3.21. The number of ether oxygens (including phenoxy) is 1. The Morgan fingerprint density at radius 2 is 1.68 bits per heavy atom. The number of methoxy groups -OCH3 is 1. The van der Waals surface area contributed by atoms with Gasteiger partial charge in [-0.15, -0.1) is 0 Å². The zero-order valence-corrected chi connectivity index (χ0v) is 23.6. The number of benzene rings is 2. The number of hydrogen-bond acceptors (Lipinski definition) is 5. The lowest BCUT2D eigenvalue weighted by Gasteiger charge is -2.33. The minimum Gasteiger partial charge on any atom is -0.497 e. The Kier molecular flexibility index (Phi) is 10.6. The summed E-state index contributed by atoms with van der Waals surface area (Å²) in [7, 11) is -2.28. The molecule has 0 bridgehead atoms. The Bertz CT molecular complexity index is 1210. The first-order valence-electron chi connectivity index (χ1n) is 12.3. The first kappa shape index (κ1) is 31.0. The highest BCUT2D eigenvalue weighted by atomic mass is 32.2. The maximum Gasteiger partial charge on any atom is 0.243 e. The number of anilines is 1. The number of nitrogens with zero attached hydrogens (tertiary/aromatic N) is 2. The molecule has 0 aliphatic rings. The van der Waals surface area contributed by atoms with Crippen molar-refractivity contribution in [2.24, 2.45) is 0 Å². The van der Waals surface area contributed by atoms with Crippen LogP contribution in [0.1, 0.15) is 52.5 Å². The van der Waals surface area contributed by atoms with Gasteiger partial charge in [-0.25, -0.2) is 17.2 Å². The number of nitrogens with one attached hydrogen (secondary N) is 1. The number of hydrogen-bond donors (Lipinski definition) is 1. The van der Waals surface area contributed by atoms with Gasteiger partial charge in [0.05, 0.1) is 19.1 Å². The van der Waals surface area contributed by atoms with Crippen LogP contribution in [0.4, 0.5) is 14.5 Å². The second kappa shape index (κ2) is 13.0. The lowest BCUT2D eigenvalue weighted by atomic mass is 10.0. The predicted octanol–water partition coefficient (Wildman–Crippen LogP) is 4.24. The van der Waals surface area contributed by atoms with Crippen LogP contribution in [0.25, 0.3) is 0 Å². The summed E-state index contributed by atoms with van der Waals surface area (Å²) in [5.41, 5.74) is 0.255. The van der Waals surface area contributed by atoms with E-state index in [1.54, 1.807) is 19.2 Å². The van der Waals surface area contributed by atoms with Crippen molar-refractivity contribution in [1.29, 1.82) is 0 Å². The number of sulfonamides is 1. The van der Waals surface area contributed by atoms with Crippen molar-refractivity contribution in [3.05, 3.63) is 59.7 Å². The predicted molar refractivity (Wildman–Crippen MR) is 143 cm³/mol. The summed E-state index contributed by atoms with van der Waals surface area (Å²) in [6, 6.07) is 9.22. The molecule has 0 aliphatic carbocycles. The van der Waals surface area contributed by atoms with Gasteiger partial charge in [0.2, 0.25) is 21.8 Å². The third-order valence-electron chi connectivity index (χ3n) is 5.74. The van der Waals surface area contributed by atoms with Gasteiger partial charge in [-0.3, -0.25) is 13.9 Å². The molecular weight excluding hydrogens is 516 g/mol. The Labute approximate surface area is 224 Å². The van der Waals surface area contributed by atoms with Crippen molar-refractivity contribution < 1.29 is 31.5 Å². The van der Waals surface area contributed by atoms with Gasteiger partial charge in [-0.1, -0.05) is 19.1 Å². The summed E-state index contributed by atoms with van der Waals surface area (Å²) >= 11 is 0. The molecule has 210 valence electrons. The molecule has 0 fully saturated rings. The number of amides is 2. The molecule has 0 aliphatic heterocycles. The van der Waals surface area contributed by atoms with E-state index in [1.165, 1.54) is 11.0 Å². The highest BCUT2D eigenvalue weighted by Crippen LogP contribution is 2.22. The highest BCUT2D eigenvalue weighted by molar-refractivity contribution is 7.92. The van der Waals surface area contributed by atoms with E-state index in [4.69, 9.17) is 4.74 Å². The molecule has 0 unspecified atom stereocenters. The fraction of sp³-hybridized carbons (Fsp3) is 0.481. The van der Waals surface area contributed by atoms with E-state index in [2.05, 4.69) is 5.32 Å². The topological polar surface area (TPSA) is 96.0 Å². The van der Waals surface area contributed by atoms with Crippen molar-refractivity contribution >= 4 is 27.5 Å². The van der Waals surface area contributed by atoms with Crippen molar-refractivity contribution in [1.82, 2.24) is 10.2 Å². The van der Waals surface area contributed by atoms with Crippen LogP contribution in [0.3, 0.4) is 0 Å². The van der Waals surface area contributed by atoms with E-state index in [-0.39, 0.29) is 43.4 Å². The molecule has 2 amide bonds. The van der Waals surface area contributed by atoms with Crippen LogP contribution in [-0.2, 0) is 26.2 Å². The molecule has 0 heterocycles. The lowest BCUT2D eigenvalue weighted by Crippen LogP contribution is -2.53. The third kappa shape index (κ3) is 8.97. The smallest absolute Gasteiger partial charge is 0.243 e. The molecule has 0 radical (unpaired) electrons. The zero-order chi connectivity index (χ0) is 28.7. The first-order chi connectivity index (χ1) is 17.7. The van der Waals surface area contributed by atoms with E-state index in [1.807, 2.05) is 39.8 Å². The fourth-order valence-electron chi connectivity index (χ4n) is 3.94.